The van der Waals surface area contributed by atoms with Crippen molar-refractivity contribution in [2.24, 2.45) is 7.05 Å². The van der Waals surface area contributed by atoms with Crippen molar-refractivity contribution in [3.05, 3.63) is 59.3 Å². The molecule has 2 aliphatic heterocycles. The number of aryl methyl sites for hydroxylation is 1. The fraction of sp³-hybridized carbons (Fsp3) is 0.393. The Morgan fingerprint density at radius 1 is 1.05 bits per heavy atom. The van der Waals surface area contributed by atoms with Gasteiger partial charge in [-0.2, -0.15) is 0 Å². The first-order chi connectivity index (χ1) is 17.7. The van der Waals surface area contributed by atoms with Crippen LogP contribution in [-0.2, 0) is 19.9 Å². The number of rotatable bonds is 6. The Morgan fingerprint density at radius 3 is 2.76 bits per heavy atom. The van der Waals surface area contributed by atoms with Crippen LogP contribution in [-0.4, -0.2) is 63.2 Å². The molecule has 4 heterocycles. The van der Waals surface area contributed by atoms with E-state index in [4.69, 9.17) is 4.74 Å². The number of hydrogen-bond donors (Lipinski definition) is 1. The predicted octanol–water partition coefficient (Wildman–Crippen LogP) is 5.15. The van der Waals surface area contributed by atoms with Crippen LogP contribution in [0.3, 0.4) is 0 Å². The highest BCUT2D eigenvalue weighted by atomic mass is 35.5. The second-order valence-electron chi connectivity index (χ2n) is 9.63. The van der Waals surface area contributed by atoms with E-state index >= 15 is 0 Å². The molecule has 4 aromatic rings. The maximum Gasteiger partial charge on any atom is 0.191 e. The van der Waals surface area contributed by atoms with E-state index in [-0.39, 0.29) is 12.4 Å². The summed E-state index contributed by atoms with van der Waals surface area (Å²) in [5, 5.41) is 14.6. The minimum absolute atomic E-state index is 0. The molecule has 2 aliphatic rings. The highest BCUT2D eigenvalue weighted by Gasteiger charge is 2.19. The number of hydrogen-bond acceptors (Lipinski definition) is 7. The fourth-order valence-corrected chi connectivity index (χ4v) is 6.04. The summed E-state index contributed by atoms with van der Waals surface area (Å²) in [5.74, 6) is 2.93. The molecule has 0 saturated heterocycles. The zero-order valence-electron chi connectivity index (χ0n) is 21.4. The lowest BCUT2D eigenvalue weighted by molar-refractivity contribution is 0.289. The van der Waals surface area contributed by atoms with Gasteiger partial charge in [0.05, 0.1) is 11.2 Å². The standard InChI is InChI=1S/C28H32N6OS.ClH/c1-19-7-8-22-23(5-3-6-24(22)30-19)27-31-32-28(33(27)2)36-16-4-12-34-13-9-20-17-25-26(35-15-11-29-25)18-21(20)10-14-34;/h3,5-8,17-18,29H,4,9-16H2,1-2H3;1H. The summed E-state index contributed by atoms with van der Waals surface area (Å²) in [4.78, 5) is 7.26. The van der Waals surface area contributed by atoms with Crippen molar-refractivity contribution in [1.29, 1.82) is 0 Å². The fourth-order valence-electron chi connectivity index (χ4n) is 5.21. The lowest BCUT2D eigenvalue weighted by Crippen LogP contribution is -2.27. The molecule has 0 saturated carbocycles. The Bertz CT molecular complexity index is 1370. The van der Waals surface area contributed by atoms with Crippen molar-refractivity contribution >= 4 is 40.8 Å². The van der Waals surface area contributed by atoms with Crippen molar-refractivity contribution in [3.8, 4) is 17.1 Å². The molecule has 2 aromatic heterocycles. The van der Waals surface area contributed by atoms with E-state index in [9.17, 15) is 0 Å². The van der Waals surface area contributed by atoms with Crippen LogP contribution in [0.5, 0.6) is 5.75 Å². The van der Waals surface area contributed by atoms with Crippen LogP contribution in [0.1, 0.15) is 23.2 Å². The van der Waals surface area contributed by atoms with E-state index < -0.39 is 0 Å². The number of aromatic nitrogens is 4. The molecule has 7 nitrogen and oxygen atoms in total. The first-order valence-electron chi connectivity index (χ1n) is 12.8. The van der Waals surface area contributed by atoms with Gasteiger partial charge < -0.3 is 19.5 Å². The first-order valence-corrected chi connectivity index (χ1v) is 13.8. The number of halogens is 1. The van der Waals surface area contributed by atoms with Crippen LogP contribution >= 0.6 is 24.2 Å². The van der Waals surface area contributed by atoms with Gasteiger partial charge in [0.1, 0.15) is 12.4 Å². The number of nitrogens with zero attached hydrogens (tertiary/aromatic N) is 5. The third kappa shape index (κ3) is 5.42. The van der Waals surface area contributed by atoms with E-state index in [1.165, 1.54) is 11.1 Å². The molecular formula is C28H33ClN6OS. The monoisotopic (exact) mass is 536 g/mol. The summed E-state index contributed by atoms with van der Waals surface area (Å²) in [7, 11) is 2.06. The number of benzene rings is 2. The highest BCUT2D eigenvalue weighted by molar-refractivity contribution is 7.99. The largest absolute Gasteiger partial charge is 0.490 e. The molecule has 0 fully saturated rings. The summed E-state index contributed by atoms with van der Waals surface area (Å²) in [6, 6.07) is 15.0. The average Bonchev–Trinajstić information content (AvgIpc) is 3.14. The molecule has 37 heavy (non-hydrogen) atoms. The average molecular weight is 537 g/mol. The van der Waals surface area contributed by atoms with E-state index in [2.05, 4.69) is 73.4 Å². The molecule has 2 aromatic carbocycles. The lowest BCUT2D eigenvalue weighted by atomic mass is 10.0. The van der Waals surface area contributed by atoms with Crippen LogP contribution in [0.25, 0.3) is 22.3 Å². The molecule has 0 amide bonds. The van der Waals surface area contributed by atoms with Crippen LogP contribution < -0.4 is 10.1 Å². The van der Waals surface area contributed by atoms with E-state index in [0.29, 0.717) is 0 Å². The van der Waals surface area contributed by atoms with Crippen molar-refractivity contribution in [2.45, 2.75) is 31.3 Å². The summed E-state index contributed by atoms with van der Waals surface area (Å²) < 4.78 is 7.96. The maximum absolute atomic E-state index is 5.85. The van der Waals surface area contributed by atoms with Gasteiger partial charge in [0, 0.05) is 49.1 Å². The van der Waals surface area contributed by atoms with E-state index in [0.717, 1.165) is 102 Å². The molecular weight excluding hydrogens is 504 g/mol. The molecule has 0 bridgehead atoms. The van der Waals surface area contributed by atoms with Crippen LogP contribution in [0, 0.1) is 6.92 Å². The number of pyridine rings is 1. The third-order valence-corrected chi connectivity index (χ3v) is 8.27. The van der Waals surface area contributed by atoms with Gasteiger partial charge in [-0.15, -0.1) is 22.6 Å². The van der Waals surface area contributed by atoms with Crippen molar-refractivity contribution in [2.75, 3.05) is 43.9 Å². The number of nitrogens with one attached hydrogen (secondary N) is 1. The topological polar surface area (TPSA) is 68.1 Å². The Balaban J connectivity index is 0.00000280. The minimum atomic E-state index is 0. The first kappa shape index (κ1) is 25.8. The Kier molecular flexibility index (Phi) is 7.88. The van der Waals surface area contributed by atoms with Gasteiger partial charge in [0.2, 0.25) is 0 Å². The number of anilines is 1. The third-order valence-electron chi connectivity index (χ3n) is 7.17. The van der Waals surface area contributed by atoms with Crippen molar-refractivity contribution < 1.29 is 4.74 Å². The number of thioether (sulfide) groups is 1. The quantitative estimate of drug-likeness (QED) is 0.270. The molecule has 0 aliphatic carbocycles. The molecule has 0 radical (unpaired) electrons. The van der Waals surface area contributed by atoms with Gasteiger partial charge in [0.15, 0.2) is 11.0 Å². The summed E-state index contributed by atoms with van der Waals surface area (Å²) in [6.07, 6.45) is 3.32. The SMILES string of the molecule is Cc1ccc2c(-c3nnc(SCCCN4CCc5cc6c(cc5CC4)OCCN6)n3C)cccc2n1.Cl. The second-order valence-corrected chi connectivity index (χ2v) is 10.7. The highest BCUT2D eigenvalue weighted by Crippen LogP contribution is 2.33. The second kappa shape index (κ2) is 11.3. The van der Waals surface area contributed by atoms with E-state index in [1.807, 2.05) is 13.0 Å². The smallest absolute Gasteiger partial charge is 0.191 e. The molecule has 0 spiro atoms. The van der Waals surface area contributed by atoms with Gasteiger partial charge in [-0.25, -0.2) is 0 Å². The number of fused-ring (bicyclic) bond motifs is 3. The molecule has 6 rings (SSSR count). The lowest BCUT2D eigenvalue weighted by Gasteiger charge is -2.21. The Hall–Kier alpha value is -2.81. The van der Waals surface area contributed by atoms with Crippen molar-refractivity contribution in [1.82, 2.24) is 24.6 Å². The Morgan fingerprint density at radius 2 is 1.89 bits per heavy atom. The van der Waals surface area contributed by atoms with Crippen LogP contribution in [0.15, 0.2) is 47.6 Å². The van der Waals surface area contributed by atoms with Gasteiger partial charge >= 0.3 is 0 Å². The molecule has 1 N–H and O–H groups in total. The Labute approximate surface area is 228 Å². The zero-order chi connectivity index (χ0) is 24.5. The van der Waals surface area contributed by atoms with Gasteiger partial charge in [-0.1, -0.05) is 30.0 Å². The van der Waals surface area contributed by atoms with Crippen molar-refractivity contribution in [3.63, 3.8) is 0 Å². The summed E-state index contributed by atoms with van der Waals surface area (Å²) in [5.41, 5.74) is 7.16. The molecule has 0 atom stereocenters. The van der Waals surface area contributed by atoms with Gasteiger partial charge in [-0.05, 0) is 68.1 Å². The molecule has 0 unspecified atom stereocenters. The normalized spacial score (nSPS) is 15.2. The van der Waals surface area contributed by atoms with E-state index in [1.54, 1.807) is 11.8 Å². The number of ether oxygens (including phenoxy) is 1. The van der Waals surface area contributed by atoms with Crippen LogP contribution in [0.2, 0.25) is 0 Å². The minimum Gasteiger partial charge on any atom is -0.490 e. The predicted molar refractivity (Wildman–Crippen MR) is 153 cm³/mol. The summed E-state index contributed by atoms with van der Waals surface area (Å²) >= 11 is 1.79. The zero-order valence-corrected chi connectivity index (χ0v) is 23.0. The van der Waals surface area contributed by atoms with Gasteiger partial charge in [-0.3, -0.25) is 4.98 Å². The summed E-state index contributed by atoms with van der Waals surface area (Å²) in [6.45, 7) is 6.98. The van der Waals surface area contributed by atoms with Crippen LogP contribution in [0.4, 0.5) is 5.69 Å². The molecule has 9 heteroatoms. The maximum atomic E-state index is 5.85. The molecule has 194 valence electrons. The van der Waals surface area contributed by atoms with Gasteiger partial charge in [0.25, 0.3) is 0 Å².